The number of nitrogens with one attached hydrogen (secondary N) is 1. The van der Waals surface area contributed by atoms with Crippen molar-refractivity contribution in [3.63, 3.8) is 0 Å². The molecule has 1 N–H and O–H groups in total. The fourth-order valence-electron chi connectivity index (χ4n) is 4.02. The molecule has 9 heteroatoms. The number of halogens is 1. The van der Waals surface area contributed by atoms with Crippen molar-refractivity contribution < 1.29 is 17.6 Å². The monoisotopic (exact) mass is 460 g/mol. The zero-order valence-corrected chi connectivity index (χ0v) is 22.6. The molecule has 1 atom stereocenters. The van der Waals surface area contributed by atoms with Gasteiger partial charge in [-0.1, -0.05) is 27.7 Å². The smallest absolute Gasteiger partial charge is 0.273 e. The second-order valence-corrected chi connectivity index (χ2v) is 10.6. The summed E-state index contributed by atoms with van der Waals surface area (Å²) >= 11 is 0. The maximum Gasteiger partial charge on any atom is 0.283 e. The average Bonchev–Trinajstić information content (AvgIpc) is 3.18. The fourth-order valence-corrected chi connectivity index (χ4v) is 4.97. The maximum atomic E-state index is 14.2. The van der Waals surface area contributed by atoms with Crippen LogP contribution in [0.4, 0.5) is 4.39 Å². The number of fused-ring (bicyclic) bond motifs is 1. The Labute approximate surface area is 220 Å². The Balaban J connectivity index is 0.00000320. The summed E-state index contributed by atoms with van der Waals surface area (Å²) in [6.07, 6.45) is 1.98. The van der Waals surface area contributed by atoms with Gasteiger partial charge in [-0.05, 0) is 66.5 Å². The summed E-state index contributed by atoms with van der Waals surface area (Å²) < 4.78 is 43.3. The van der Waals surface area contributed by atoms with Crippen molar-refractivity contribution in [1.29, 1.82) is 0 Å². The van der Waals surface area contributed by atoms with Crippen LogP contribution in [0.25, 0.3) is 0 Å². The molecule has 1 aliphatic carbocycles. The van der Waals surface area contributed by atoms with Crippen molar-refractivity contribution in [2.75, 3.05) is 0 Å². The van der Waals surface area contributed by atoms with Crippen molar-refractivity contribution in [1.82, 2.24) is 14.5 Å². The molecular weight excluding hydrogens is 432 g/mol. The standard InChI is InChI=1S/C21H28FN3O3S.K/c1-12(2)15-9-14(22)10-17-19(15)16(11-21(17,5)6)20(26)24-29(27,28)18-7-8-25(23-18)13(3)4;/h7-10,12-13,16H,11H2,1-6H3,(H,24,26);. The van der Waals surface area contributed by atoms with Gasteiger partial charge in [0.2, 0.25) is 5.91 Å². The van der Waals surface area contributed by atoms with E-state index in [1.165, 1.54) is 22.9 Å². The van der Waals surface area contributed by atoms with E-state index in [1.54, 1.807) is 6.20 Å². The van der Waals surface area contributed by atoms with Crippen molar-refractivity contribution in [2.45, 2.75) is 76.3 Å². The Bertz CT molecular complexity index is 1060. The molecule has 0 aliphatic heterocycles. The van der Waals surface area contributed by atoms with Crippen LogP contribution in [0, 0.1) is 5.82 Å². The Morgan fingerprint density at radius 2 is 1.90 bits per heavy atom. The molecule has 1 heterocycles. The van der Waals surface area contributed by atoms with E-state index in [0.717, 1.165) is 16.7 Å². The molecule has 6 nitrogen and oxygen atoms in total. The fraction of sp³-hybridized carbons (Fsp3) is 0.524. The molecule has 30 heavy (non-hydrogen) atoms. The van der Waals surface area contributed by atoms with Gasteiger partial charge in [0.1, 0.15) is 5.82 Å². The van der Waals surface area contributed by atoms with Crippen LogP contribution in [-0.2, 0) is 20.2 Å². The van der Waals surface area contributed by atoms with Gasteiger partial charge in [-0.15, -0.1) is 0 Å². The van der Waals surface area contributed by atoms with E-state index in [0.29, 0.717) is 6.42 Å². The number of hydrogen-bond acceptors (Lipinski definition) is 4. The number of benzene rings is 1. The SMILES string of the molecule is CC(C)c1cc(F)cc2c1C(C(=O)NS(=O)(=O)c1ccn(C(C)C)n1)CC2(C)C.[K]. The van der Waals surface area contributed by atoms with Crippen molar-refractivity contribution in [3.8, 4) is 0 Å². The number of hydrogen-bond donors (Lipinski definition) is 1. The quantitative estimate of drug-likeness (QED) is 0.691. The number of carbonyl (C=O) groups is 1. The van der Waals surface area contributed by atoms with Crippen LogP contribution in [0.5, 0.6) is 0 Å². The minimum atomic E-state index is -4.10. The number of sulfonamides is 1. The van der Waals surface area contributed by atoms with Gasteiger partial charge in [0.15, 0.2) is 5.03 Å². The first-order valence-corrected chi connectivity index (χ1v) is 11.3. The maximum absolute atomic E-state index is 14.2. The Morgan fingerprint density at radius 1 is 1.27 bits per heavy atom. The molecule has 2 aromatic rings. The third kappa shape index (κ3) is 4.91. The zero-order valence-electron chi connectivity index (χ0n) is 18.7. The number of aromatic nitrogens is 2. The number of carbonyl (C=O) groups excluding carboxylic acids is 1. The van der Waals surface area contributed by atoms with E-state index >= 15 is 0 Å². The van der Waals surface area contributed by atoms with Gasteiger partial charge in [-0.3, -0.25) is 9.48 Å². The molecule has 0 spiro atoms. The van der Waals surface area contributed by atoms with Crippen LogP contribution in [0.1, 0.15) is 82.5 Å². The molecular formula is C21H28FKN3O3S. The van der Waals surface area contributed by atoms with Gasteiger partial charge in [0.25, 0.3) is 10.0 Å². The average molecular weight is 461 g/mol. The van der Waals surface area contributed by atoms with E-state index in [2.05, 4.69) is 9.82 Å². The third-order valence-corrected chi connectivity index (χ3v) is 6.77. The molecule has 1 radical (unpaired) electrons. The molecule has 1 aromatic carbocycles. The van der Waals surface area contributed by atoms with Crippen molar-refractivity contribution >= 4 is 67.3 Å². The van der Waals surface area contributed by atoms with Gasteiger partial charge in [-0.2, -0.15) is 13.5 Å². The van der Waals surface area contributed by atoms with E-state index in [-0.39, 0.29) is 74.2 Å². The normalized spacial score (nSPS) is 17.7. The van der Waals surface area contributed by atoms with Crippen molar-refractivity contribution in [3.05, 3.63) is 46.9 Å². The summed E-state index contributed by atoms with van der Waals surface area (Å²) in [7, 11) is -4.10. The summed E-state index contributed by atoms with van der Waals surface area (Å²) in [5.74, 6) is -1.61. The minimum absolute atomic E-state index is 0. The molecule has 1 aliphatic rings. The van der Waals surface area contributed by atoms with E-state index in [9.17, 15) is 17.6 Å². The molecule has 0 saturated heterocycles. The summed E-state index contributed by atoms with van der Waals surface area (Å²) in [4.78, 5) is 13.1. The van der Waals surface area contributed by atoms with Gasteiger partial charge in [0.05, 0.1) is 5.92 Å². The van der Waals surface area contributed by atoms with Gasteiger partial charge in [-0.25, -0.2) is 9.11 Å². The molecule has 3 rings (SSSR count). The topological polar surface area (TPSA) is 81.1 Å². The molecule has 1 amide bonds. The van der Waals surface area contributed by atoms with Crippen molar-refractivity contribution in [2.24, 2.45) is 0 Å². The van der Waals surface area contributed by atoms with E-state index < -0.39 is 27.3 Å². The second kappa shape index (κ2) is 9.11. The largest absolute Gasteiger partial charge is 0.283 e. The molecule has 0 saturated carbocycles. The summed E-state index contributed by atoms with van der Waals surface area (Å²) in [5.41, 5.74) is 1.81. The third-order valence-electron chi connectivity index (χ3n) is 5.53. The minimum Gasteiger partial charge on any atom is -0.273 e. The number of rotatable bonds is 5. The van der Waals surface area contributed by atoms with Crippen LogP contribution in [-0.4, -0.2) is 75.5 Å². The first-order valence-electron chi connectivity index (χ1n) is 9.79. The molecule has 1 unspecified atom stereocenters. The summed E-state index contributed by atoms with van der Waals surface area (Å²) in [5, 5.41) is 3.86. The van der Waals surface area contributed by atoms with E-state index in [1.807, 2.05) is 41.5 Å². The van der Waals surface area contributed by atoms with Crippen LogP contribution < -0.4 is 4.72 Å². The first-order chi connectivity index (χ1) is 13.3. The molecule has 0 fully saturated rings. The van der Waals surface area contributed by atoms with Crippen LogP contribution >= 0.6 is 0 Å². The number of nitrogens with zero attached hydrogens (tertiary/aromatic N) is 2. The van der Waals surface area contributed by atoms with Gasteiger partial charge in [0, 0.05) is 63.6 Å². The second-order valence-electron chi connectivity index (χ2n) is 8.95. The summed E-state index contributed by atoms with van der Waals surface area (Å²) in [6.45, 7) is 11.5. The zero-order chi connectivity index (χ0) is 21.7. The predicted molar refractivity (Wildman–Crippen MR) is 115 cm³/mol. The molecule has 1 aromatic heterocycles. The summed E-state index contributed by atoms with van der Waals surface area (Å²) in [6, 6.07) is 4.29. The number of amides is 1. The molecule has 0 bridgehead atoms. The van der Waals surface area contributed by atoms with Gasteiger partial charge >= 0.3 is 0 Å². The van der Waals surface area contributed by atoms with Crippen LogP contribution in [0.3, 0.4) is 0 Å². The molecule has 159 valence electrons. The van der Waals surface area contributed by atoms with Crippen LogP contribution in [0.15, 0.2) is 29.4 Å². The Kier molecular flexibility index (Phi) is 7.80. The Morgan fingerprint density at radius 3 is 2.43 bits per heavy atom. The predicted octanol–water partition coefficient (Wildman–Crippen LogP) is 3.62. The Hall–Kier alpha value is -0.584. The van der Waals surface area contributed by atoms with Crippen LogP contribution in [0.2, 0.25) is 0 Å². The first kappa shape index (κ1) is 25.7. The van der Waals surface area contributed by atoms with E-state index in [4.69, 9.17) is 0 Å². The van der Waals surface area contributed by atoms with Gasteiger partial charge < -0.3 is 0 Å².